The third-order valence-electron chi connectivity index (χ3n) is 5.26. The van der Waals surface area contributed by atoms with Crippen molar-refractivity contribution in [2.75, 3.05) is 52.5 Å². The summed E-state index contributed by atoms with van der Waals surface area (Å²) in [6.07, 6.45) is 3.21. The highest BCUT2D eigenvalue weighted by Crippen LogP contribution is 2.22. The molecule has 0 aromatic heterocycles. The summed E-state index contributed by atoms with van der Waals surface area (Å²) >= 11 is 0. The van der Waals surface area contributed by atoms with E-state index in [1.54, 1.807) is 6.92 Å². The number of amides is 1. The number of piperidine rings is 1. The fourth-order valence-electron chi connectivity index (χ4n) is 3.92. The Balaban J connectivity index is 1.46. The van der Waals surface area contributed by atoms with Gasteiger partial charge in [-0.25, -0.2) is 0 Å². The van der Waals surface area contributed by atoms with Gasteiger partial charge < -0.3 is 14.8 Å². The Kier molecular flexibility index (Phi) is 7.93. The normalized spacial score (nSPS) is 21.7. The molecule has 6 nitrogen and oxygen atoms in total. The quantitative estimate of drug-likeness (QED) is 0.703. The first-order valence-corrected chi connectivity index (χ1v) is 10.2. The Hall–Kier alpha value is -1.63. The number of ether oxygens (including phenoxy) is 2. The maximum absolute atomic E-state index is 11.3. The molecule has 1 aromatic rings. The van der Waals surface area contributed by atoms with E-state index in [-0.39, 0.29) is 11.9 Å². The largest absolute Gasteiger partial charge is 0.493 e. The van der Waals surface area contributed by atoms with Gasteiger partial charge in [0.1, 0.15) is 5.75 Å². The van der Waals surface area contributed by atoms with Gasteiger partial charge in [-0.15, -0.1) is 0 Å². The van der Waals surface area contributed by atoms with Crippen LogP contribution in [0, 0.1) is 0 Å². The highest BCUT2D eigenvalue weighted by molar-refractivity contribution is 5.73. The molecule has 0 bridgehead atoms. The molecular weight excluding hydrogens is 342 g/mol. The molecule has 0 unspecified atom stereocenters. The Morgan fingerprint density at radius 1 is 1.22 bits per heavy atom. The zero-order valence-corrected chi connectivity index (χ0v) is 16.5. The lowest BCUT2D eigenvalue weighted by Crippen LogP contribution is -2.46. The van der Waals surface area contributed by atoms with Crippen molar-refractivity contribution in [1.29, 1.82) is 0 Å². The minimum Gasteiger partial charge on any atom is -0.493 e. The molecule has 0 radical (unpaired) electrons. The number of nitrogens with one attached hydrogen (secondary N) is 1. The van der Waals surface area contributed by atoms with Gasteiger partial charge in [0.2, 0.25) is 5.91 Å². The molecule has 1 aromatic carbocycles. The predicted octanol–water partition coefficient (Wildman–Crippen LogP) is 1.89. The number of hydrogen-bond donors (Lipinski definition) is 1. The molecule has 1 N–H and O–H groups in total. The Morgan fingerprint density at radius 3 is 2.85 bits per heavy atom. The van der Waals surface area contributed by atoms with Crippen molar-refractivity contribution in [3.05, 3.63) is 29.8 Å². The summed E-state index contributed by atoms with van der Waals surface area (Å²) in [6, 6.07) is 8.60. The molecule has 150 valence electrons. The van der Waals surface area contributed by atoms with Crippen molar-refractivity contribution in [2.24, 2.45) is 0 Å². The maximum atomic E-state index is 11.3. The summed E-state index contributed by atoms with van der Waals surface area (Å²) in [7, 11) is 0. The molecule has 27 heavy (non-hydrogen) atoms. The van der Waals surface area contributed by atoms with E-state index in [0.29, 0.717) is 0 Å². The van der Waals surface area contributed by atoms with Crippen LogP contribution < -0.4 is 10.1 Å². The lowest BCUT2D eigenvalue weighted by Gasteiger charge is -2.33. The van der Waals surface area contributed by atoms with Crippen LogP contribution in [0.4, 0.5) is 0 Å². The monoisotopic (exact) mass is 375 g/mol. The molecule has 2 heterocycles. The minimum atomic E-state index is 0.0610. The van der Waals surface area contributed by atoms with Crippen molar-refractivity contribution < 1.29 is 14.3 Å². The van der Waals surface area contributed by atoms with Crippen LogP contribution in [0.5, 0.6) is 5.75 Å². The average molecular weight is 376 g/mol. The molecule has 6 heteroatoms. The first kappa shape index (κ1) is 20.1. The lowest BCUT2D eigenvalue weighted by atomic mass is 10.0. The molecular formula is C21H33N3O3. The van der Waals surface area contributed by atoms with Crippen molar-refractivity contribution in [3.63, 3.8) is 0 Å². The lowest BCUT2D eigenvalue weighted by molar-refractivity contribution is -0.120. The van der Waals surface area contributed by atoms with Crippen LogP contribution in [0.15, 0.2) is 24.3 Å². The highest BCUT2D eigenvalue weighted by Gasteiger charge is 2.21. The van der Waals surface area contributed by atoms with Crippen LogP contribution in [0.3, 0.4) is 0 Å². The van der Waals surface area contributed by atoms with Gasteiger partial charge >= 0.3 is 0 Å². The number of para-hydroxylation sites is 1. The fourth-order valence-corrected chi connectivity index (χ4v) is 3.92. The van der Waals surface area contributed by atoms with Crippen LogP contribution in [-0.2, 0) is 16.1 Å². The first-order chi connectivity index (χ1) is 13.2. The molecule has 2 saturated heterocycles. The van der Waals surface area contributed by atoms with Gasteiger partial charge in [0.25, 0.3) is 0 Å². The third-order valence-corrected chi connectivity index (χ3v) is 5.26. The Labute approximate surface area is 162 Å². The minimum absolute atomic E-state index is 0.0610. The predicted molar refractivity (Wildman–Crippen MR) is 106 cm³/mol. The molecule has 2 aliphatic rings. The van der Waals surface area contributed by atoms with E-state index in [1.807, 2.05) is 6.07 Å². The van der Waals surface area contributed by atoms with Gasteiger partial charge in [-0.2, -0.15) is 0 Å². The van der Waals surface area contributed by atoms with E-state index in [4.69, 9.17) is 9.47 Å². The molecule has 0 aliphatic carbocycles. The molecule has 0 spiro atoms. The van der Waals surface area contributed by atoms with Gasteiger partial charge in [-0.1, -0.05) is 18.2 Å². The number of hydrogen-bond acceptors (Lipinski definition) is 5. The average Bonchev–Trinajstić information content (AvgIpc) is 2.67. The number of likely N-dealkylation sites (tertiary alicyclic amines) is 1. The SMILES string of the molecule is CC(=O)N[C@@H]1CCCN(Cc2ccccc2OCCCN2CCOCC2)C1. The highest BCUT2D eigenvalue weighted by atomic mass is 16.5. The van der Waals surface area contributed by atoms with E-state index in [2.05, 4.69) is 33.3 Å². The smallest absolute Gasteiger partial charge is 0.217 e. The number of carbonyl (C=O) groups excluding carboxylic acids is 1. The van der Waals surface area contributed by atoms with Crippen molar-refractivity contribution >= 4 is 5.91 Å². The molecule has 2 fully saturated rings. The van der Waals surface area contributed by atoms with Crippen molar-refractivity contribution in [2.45, 2.75) is 38.8 Å². The molecule has 2 aliphatic heterocycles. The summed E-state index contributed by atoms with van der Waals surface area (Å²) in [5.41, 5.74) is 1.23. The summed E-state index contributed by atoms with van der Waals surface area (Å²) in [5, 5.41) is 3.06. The second-order valence-corrected chi connectivity index (χ2v) is 7.54. The molecule has 1 amide bonds. The fraction of sp³-hybridized carbons (Fsp3) is 0.667. The van der Waals surface area contributed by atoms with E-state index < -0.39 is 0 Å². The van der Waals surface area contributed by atoms with Crippen LogP contribution in [0.1, 0.15) is 31.7 Å². The number of benzene rings is 1. The molecule has 0 saturated carbocycles. The van der Waals surface area contributed by atoms with Crippen molar-refractivity contribution in [3.8, 4) is 5.75 Å². The zero-order chi connectivity index (χ0) is 18.9. The third kappa shape index (κ3) is 6.79. The Morgan fingerprint density at radius 2 is 2.04 bits per heavy atom. The number of rotatable bonds is 8. The van der Waals surface area contributed by atoms with Crippen LogP contribution in [0.25, 0.3) is 0 Å². The van der Waals surface area contributed by atoms with Gasteiger partial charge in [0.05, 0.1) is 19.8 Å². The van der Waals surface area contributed by atoms with Crippen LogP contribution >= 0.6 is 0 Å². The van der Waals surface area contributed by atoms with E-state index >= 15 is 0 Å². The summed E-state index contributed by atoms with van der Waals surface area (Å²) in [4.78, 5) is 16.2. The topological polar surface area (TPSA) is 54.0 Å². The standard InChI is InChI=1S/C21H33N3O3/c1-18(25)22-20-7-4-9-24(17-20)16-19-6-2-3-8-21(19)27-13-5-10-23-11-14-26-15-12-23/h2-3,6,8,20H,4-5,7,9-17H2,1H3,(H,22,25)/t20-/m1/s1. The first-order valence-electron chi connectivity index (χ1n) is 10.2. The van der Waals surface area contributed by atoms with Gasteiger partial charge in [0.15, 0.2) is 0 Å². The second kappa shape index (κ2) is 10.6. The zero-order valence-electron chi connectivity index (χ0n) is 16.5. The number of nitrogens with zero attached hydrogens (tertiary/aromatic N) is 2. The summed E-state index contributed by atoms with van der Waals surface area (Å²) in [6.45, 7) is 10.0. The molecule has 3 rings (SSSR count). The maximum Gasteiger partial charge on any atom is 0.217 e. The van der Waals surface area contributed by atoms with Crippen LogP contribution in [-0.4, -0.2) is 74.3 Å². The van der Waals surface area contributed by atoms with E-state index in [0.717, 1.165) is 84.1 Å². The van der Waals surface area contributed by atoms with Gasteiger partial charge in [0, 0.05) is 51.3 Å². The van der Waals surface area contributed by atoms with Crippen LogP contribution in [0.2, 0.25) is 0 Å². The summed E-state index contributed by atoms with van der Waals surface area (Å²) in [5.74, 6) is 1.05. The molecule has 1 atom stereocenters. The van der Waals surface area contributed by atoms with E-state index in [9.17, 15) is 4.79 Å². The van der Waals surface area contributed by atoms with Crippen molar-refractivity contribution in [1.82, 2.24) is 15.1 Å². The second-order valence-electron chi connectivity index (χ2n) is 7.54. The number of carbonyl (C=O) groups is 1. The Bertz CT molecular complexity index is 590. The van der Waals surface area contributed by atoms with Gasteiger partial charge in [-0.3, -0.25) is 14.6 Å². The van der Waals surface area contributed by atoms with E-state index in [1.165, 1.54) is 5.56 Å². The summed E-state index contributed by atoms with van der Waals surface area (Å²) < 4.78 is 11.5. The number of morpholine rings is 1. The van der Waals surface area contributed by atoms with Gasteiger partial charge in [-0.05, 0) is 31.9 Å².